The van der Waals surface area contributed by atoms with Crippen molar-refractivity contribution < 1.29 is 0 Å². The van der Waals surface area contributed by atoms with Gasteiger partial charge in [0.2, 0.25) is 0 Å². The van der Waals surface area contributed by atoms with E-state index in [2.05, 4.69) is 26.7 Å². The number of hydrogen-bond donors (Lipinski definition) is 1. The Kier molecular flexibility index (Phi) is 3.39. The Bertz CT molecular complexity index is 688. The van der Waals surface area contributed by atoms with Gasteiger partial charge in [0.05, 0.1) is 5.69 Å². The predicted octanol–water partition coefficient (Wildman–Crippen LogP) is 2.34. The zero-order chi connectivity index (χ0) is 14.2. The number of aromatic amines is 1. The fourth-order valence-electron chi connectivity index (χ4n) is 3.01. The maximum Gasteiger partial charge on any atom is 0.254 e. The summed E-state index contributed by atoms with van der Waals surface area (Å²) >= 11 is 1.74. The molecular weight excluding hydrogens is 282 g/mol. The highest BCUT2D eigenvalue weighted by Gasteiger charge is 2.25. The van der Waals surface area contributed by atoms with E-state index in [0.717, 1.165) is 55.5 Å². The van der Waals surface area contributed by atoms with Gasteiger partial charge in [0.1, 0.15) is 5.82 Å². The molecule has 1 aliphatic carbocycles. The monoisotopic (exact) mass is 301 g/mol. The molecule has 1 N–H and O–H groups in total. The van der Waals surface area contributed by atoms with Crippen molar-refractivity contribution in [3.63, 3.8) is 0 Å². The normalized spacial score (nSPS) is 18.7. The number of nitrogens with zero attached hydrogens (tertiary/aromatic N) is 2. The van der Waals surface area contributed by atoms with Crippen molar-refractivity contribution >= 4 is 11.3 Å². The van der Waals surface area contributed by atoms with Crippen LogP contribution in [-0.2, 0) is 25.9 Å². The Morgan fingerprint density at radius 3 is 3.10 bits per heavy atom. The van der Waals surface area contributed by atoms with E-state index >= 15 is 0 Å². The number of fused-ring (bicyclic) bond motifs is 1. The van der Waals surface area contributed by atoms with Gasteiger partial charge in [-0.3, -0.25) is 9.69 Å². The first-order chi connectivity index (χ1) is 10.3. The predicted molar refractivity (Wildman–Crippen MR) is 83.4 cm³/mol. The highest BCUT2D eigenvalue weighted by Crippen LogP contribution is 2.31. The smallest absolute Gasteiger partial charge is 0.254 e. The van der Waals surface area contributed by atoms with Crippen LogP contribution >= 0.6 is 11.3 Å². The van der Waals surface area contributed by atoms with Crippen LogP contribution in [0.15, 0.2) is 21.6 Å². The standard InChI is InChI=1S/C16H19N3OS/c20-16-13-3-5-19(8-12-4-6-21-10-12)9-14(13)17-15(18-16)7-11-1-2-11/h4,6,10-11H,1-3,5,7-9H2,(H,17,18,20). The van der Waals surface area contributed by atoms with Gasteiger partial charge in [0.15, 0.2) is 0 Å². The highest BCUT2D eigenvalue weighted by molar-refractivity contribution is 7.07. The minimum absolute atomic E-state index is 0.0887. The van der Waals surface area contributed by atoms with Gasteiger partial charge in [0, 0.05) is 31.6 Å². The van der Waals surface area contributed by atoms with E-state index in [1.54, 1.807) is 11.3 Å². The topological polar surface area (TPSA) is 49.0 Å². The lowest BCUT2D eigenvalue weighted by Crippen LogP contribution is -2.35. The summed E-state index contributed by atoms with van der Waals surface area (Å²) in [5.41, 5.74) is 3.34. The van der Waals surface area contributed by atoms with E-state index in [4.69, 9.17) is 4.98 Å². The van der Waals surface area contributed by atoms with Crippen LogP contribution in [0.2, 0.25) is 0 Å². The molecule has 5 heteroatoms. The third-order valence-corrected chi connectivity index (χ3v) is 5.10. The van der Waals surface area contributed by atoms with Crippen LogP contribution in [0.25, 0.3) is 0 Å². The minimum Gasteiger partial charge on any atom is -0.310 e. The number of nitrogens with one attached hydrogen (secondary N) is 1. The number of thiophene rings is 1. The van der Waals surface area contributed by atoms with Crippen molar-refractivity contribution in [1.29, 1.82) is 0 Å². The molecule has 4 rings (SSSR count). The average Bonchev–Trinajstić information content (AvgIpc) is 3.12. The SMILES string of the molecule is O=c1[nH]c(CC2CC2)nc2c1CCN(Cc1ccsc1)C2. The van der Waals surface area contributed by atoms with Crippen LogP contribution in [-0.4, -0.2) is 21.4 Å². The first-order valence-electron chi connectivity index (χ1n) is 7.62. The summed E-state index contributed by atoms with van der Waals surface area (Å²) in [6.45, 7) is 2.69. The largest absolute Gasteiger partial charge is 0.310 e. The van der Waals surface area contributed by atoms with Crippen LogP contribution in [0.5, 0.6) is 0 Å². The molecule has 0 atom stereocenters. The molecule has 110 valence electrons. The molecule has 1 saturated carbocycles. The van der Waals surface area contributed by atoms with E-state index in [9.17, 15) is 4.79 Å². The fourth-order valence-corrected chi connectivity index (χ4v) is 3.67. The zero-order valence-corrected chi connectivity index (χ0v) is 12.8. The van der Waals surface area contributed by atoms with E-state index in [1.165, 1.54) is 18.4 Å². The molecule has 0 spiro atoms. The van der Waals surface area contributed by atoms with Crippen LogP contribution in [0.1, 0.15) is 35.5 Å². The van der Waals surface area contributed by atoms with Gasteiger partial charge in [-0.05, 0) is 47.6 Å². The Morgan fingerprint density at radius 2 is 2.33 bits per heavy atom. The molecule has 0 saturated heterocycles. The molecule has 4 nitrogen and oxygen atoms in total. The number of rotatable bonds is 4. The summed E-state index contributed by atoms with van der Waals surface area (Å²) in [6, 6.07) is 2.17. The molecule has 0 radical (unpaired) electrons. The third kappa shape index (κ3) is 2.94. The average molecular weight is 301 g/mol. The molecule has 2 aliphatic rings. The van der Waals surface area contributed by atoms with E-state index < -0.39 is 0 Å². The van der Waals surface area contributed by atoms with Crippen molar-refractivity contribution in [3.05, 3.63) is 49.8 Å². The first kappa shape index (κ1) is 13.2. The van der Waals surface area contributed by atoms with Gasteiger partial charge in [-0.1, -0.05) is 0 Å². The molecule has 0 amide bonds. The third-order valence-electron chi connectivity index (χ3n) is 4.37. The van der Waals surface area contributed by atoms with Crippen molar-refractivity contribution in [1.82, 2.24) is 14.9 Å². The lowest BCUT2D eigenvalue weighted by molar-refractivity contribution is 0.240. The second-order valence-corrected chi connectivity index (χ2v) is 6.96. The second kappa shape index (κ2) is 5.39. The molecule has 1 fully saturated rings. The number of aromatic nitrogens is 2. The summed E-state index contributed by atoms with van der Waals surface area (Å²) in [6.07, 6.45) is 4.31. The Balaban J connectivity index is 1.55. The first-order valence-corrected chi connectivity index (χ1v) is 8.56. The van der Waals surface area contributed by atoms with Gasteiger partial charge in [0.25, 0.3) is 5.56 Å². The van der Waals surface area contributed by atoms with Crippen molar-refractivity contribution in [2.45, 2.75) is 38.8 Å². The Labute approximate surface area is 127 Å². The van der Waals surface area contributed by atoms with Crippen molar-refractivity contribution in [3.8, 4) is 0 Å². The van der Waals surface area contributed by atoms with Gasteiger partial charge in [-0.25, -0.2) is 4.98 Å². The molecule has 2 aromatic heterocycles. The fraction of sp³-hybridized carbons (Fsp3) is 0.500. The van der Waals surface area contributed by atoms with Crippen molar-refractivity contribution in [2.75, 3.05) is 6.54 Å². The summed E-state index contributed by atoms with van der Waals surface area (Å²) in [5, 5.41) is 4.31. The molecule has 0 aromatic carbocycles. The quantitative estimate of drug-likeness (QED) is 0.943. The molecule has 0 bridgehead atoms. The van der Waals surface area contributed by atoms with E-state index in [-0.39, 0.29) is 5.56 Å². The molecule has 1 aliphatic heterocycles. The molecule has 0 unspecified atom stereocenters. The molecule has 21 heavy (non-hydrogen) atoms. The van der Waals surface area contributed by atoms with E-state index in [1.807, 2.05) is 0 Å². The summed E-state index contributed by atoms with van der Waals surface area (Å²) in [5.74, 6) is 1.63. The van der Waals surface area contributed by atoms with Gasteiger partial charge < -0.3 is 4.98 Å². The molecule has 2 aromatic rings. The van der Waals surface area contributed by atoms with Gasteiger partial charge in [-0.2, -0.15) is 11.3 Å². The van der Waals surface area contributed by atoms with Crippen LogP contribution in [0.4, 0.5) is 0 Å². The van der Waals surface area contributed by atoms with Gasteiger partial charge in [-0.15, -0.1) is 0 Å². The summed E-state index contributed by atoms with van der Waals surface area (Å²) in [7, 11) is 0. The lowest BCUT2D eigenvalue weighted by atomic mass is 10.1. The molecule has 3 heterocycles. The van der Waals surface area contributed by atoms with Crippen molar-refractivity contribution in [2.24, 2.45) is 5.92 Å². The zero-order valence-electron chi connectivity index (χ0n) is 12.0. The second-order valence-electron chi connectivity index (χ2n) is 6.18. The van der Waals surface area contributed by atoms with Crippen LogP contribution < -0.4 is 5.56 Å². The Morgan fingerprint density at radius 1 is 1.43 bits per heavy atom. The summed E-state index contributed by atoms with van der Waals surface area (Å²) in [4.78, 5) is 22.3. The van der Waals surface area contributed by atoms with Crippen LogP contribution in [0.3, 0.4) is 0 Å². The van der Waals surface area contributed by atoms with E-state index in [0.29, 0.717) is 0 Å². The maximum atomic E-state index is 12.2. The van der Waals surface area contributed by atoms with Crippen LogP contribution in [0, 0.1) is 5.92 Å². The highest BCUT2D eigenvalue weighted by atomic mass is 32.1. The minimum atomic E-state index is 0.0887. The Hall–Kier alpha value is -1.46. The number of H-pyrrole nitrogens is 1. The molecular formula is C16H19N3OS. The lowest BCUT2D eigenvalue weighted by Gasteiger charge is -2.27. The van der Waals surface area contributed by atoms with Gasteiger partial charge >= 0.3 is 0 Å². The summed E-state index contributed by atoms with van der Waals surface area (Å²) < 4.78 is 0. The maximum absolute atomic E-state index is 12.2. The number of hydrogen-bond acceptors (Lipinski definition) is 4.